The van der Waals surface area contributed by atoms with Crippen molar-refractivity contribution >= 4 is 17.6 Å². The van der Waals surface area contributed by atoms with Gasteiger partial charge in [0.25, 0.3) is 5.56 Å². The van der Waals surface area contributed by atoms with Crippen molar-refractivity contribution in [3.05, 3.63) is 58.5 Å². The van der Waals surface area contributed by atoms with Crippen LogP contribution in [-0.2, 0) is 16.6 Å². The summed E-state index contributed by atoms with van der Waals surface area (Å²) in [6, 6.07) is 8.96. The predicted molar refractivity (Wildman–Crippen MR) is 78.5 cm³/mol. The molecule has 0 aliphatic heterocycles. The fraction of sp³-hybridized carbons (Fsp3) is 0.133. The number of carbonyl (C=O) groups is 2. The van der Waals surface area contributed by atoms with E-state index in [0.29, 0.717) is 17.5 Å². The number of benzene rings is 1. The number of aliphatic carboxylic acids is 1. The van der Waals surface area contributed by atoms with Gasteiger partial charge in [-0.1, -0.05) is 18.2 Å². The molecule has 1 aromatic carbocycles. The topological polar surface area (TPSA) is 96.2 Å². The highest BCUT2D eigenvalue weighted by Crippen LogP contribution is 2.13. The third-order valence-corrected chi connectivity index (χ3v) is 3.17. The zero-order valence-electron chi connectivity index (χ0n) is 12.1. The SMILES string of the molecule is Cc1c(NC(=O)/C=C\C(=O)[O-])c(=O)n(-c2ccccc2)n1C. The summed E-state index contributed by atoms with van der Waals surface area (Å²) in [6.45, 7) is 1.68. The van der Waals surface area contributed by atoms with Gasteiger partial charge in [0.15, 0.2) is 0 Å². The molecule has 0 bridgehead atoms. The summed E-state index contributed by atoms with van der Waals surface area (Å²) < 4.78 is 3.02. The van der Waals surface area contributed by atoms with Crippen molar-refractivity contribution in [1.29, 1.82) is 0 Å². The zero-order valence-corrected chi connectivity index (χ0v) is 12.1. The highest BCUT2D eigenvalue weighted by molar-refractivity contribution is 6.02. The quantitative estimate of drug-likeness (QED) is 0.786. The van der Waals surface area contributed by atoms with Crippen molar-refractivity contribution < 1.29 is 14.7 Å². The fourth-order valence-electron chi connectivity index (χ4n) is 2.02. The van der Waals surface area contributed by atoms with Gasteiger partial charge in [-0.05, 0) is 25.1 Å². The van der Waals surface area contributed by atoms with Crippen molar-refractivity contribution in [2.45, 2.75) is 6.92 Å². The molecule has 114 valence electrons. The molecule has 0 saturated carbocycles. The highest BCUT2D eigenvalue weighted by atomic mass is 16.4. The van der Waals surface area contributed by atoms with Crippen LogP contribution < -0.4 is 16.0 Å². The average molecular weight is 300 g/mol. The van der Waals surface area contributed by atoms with Gasteiger partial charge in [-0.3, -0.25) is 14.3 Å². The van der Waals surface area contributed by atoms with Crippen LogP contribution in [0.15, 0.2) is 47.3 Å². The van der Waals surface area contributed by atoms with Gasteiger partial charge in [0.05, 0.1) is 17.4 Å². The maximum atomic E-state index is 12.5. The van der Waals surface area contributed by atoms with Gasteiger partial charge in [0.1, 0.15) is 5.69 Å². The Morgan fingerprint density at radius 1 is 1.18 bits per heavy atom. The van der Waals surface area contributed by atoms with E-state index < -0.39 is 17.4 Å². The van der Waals surface area contributed by atoms with Gasteiger partial charge in [-0.2, -0.15) is 0 Å². The van der Waals surface area contributed by atoms with Crippen LogP contribution in [0, 0.1) is 6.92 Å². The largest absolute Gasteiger partial charge is 0.545 e. The highest BCUT2D eigenvalue weighted by Gasteiger charge is 2.16. The molecule has 7 nitrogen and oxygen atoms in total. The molecule has 1 N–H and O–H groups in total. The molecular formula is C15H14N3O4-. The minimum Gasteiger partial charge on any atom is -0.545 e. The third kappa shape index (κ3) is 2.98. The summed E-state index contributed by atoms with van der Waals surface area (Å²) in [5.41, 5.74) is 0.897. The van der Waals surface area contributed by atoms with Crippen LogP contribution >= 0.6 is 0 Å². The number of anilines is 1. The molecule has 0 aliphatic carbocycles. The van der Waals surface area contributed by atoms with Crippen molar-refractivity contribution in [2.75, 3.05) is 5.32 Å². The summed E-state index contributed by atoms with van der Waals surface area (Å²) in [6.07, 6.45) is 1.40. The van der Waals surface area contributed by atoms with E-state index >= 15 is 0 Å². The van der Waals surface area contributed by atoms with Crippen molar-refractivity contribution in [3.63, 3.8) is 0 Å². The van der Waals surface area contributed by atoms with Crippen LogP contribution in [0.25, 0.3) is 5.69 Å². The normalized spacial score (nSPS) is 10.8. The molecule has 22 heavy (non-hydrogen) atoms. The molecule has 2 rings (SSSR count). The molecule has 0 saturated heterocycles. The van der Waals surface area contributed by atoms with Crippen LogP contribution in [0.5, 0.6) is 0 Å². The van der Waals surface area contributed by atoms with Gasteiger partial charge in [-0.25, -0.2) is 4.68 Å². The Kier molecular flexibility index (Phi) is 4.26. The molecule has 2 aromatic rings. The van der Waals surface area contributed by atoms with Gasteiger partial charge in [0.2, 0.25) is 5.91 Å². The van der Waals surface area contributed by atoms with Crippen LogP contribution in [0.1, 0.15) is 5.69 Å². The molecule has 0 unspecified atom stereocenters. The number of carboxylic acids is 1. The summed E-state index contributed by atoms with van der Waals surface area (Å²) in [5.74, 6) is -2.20. The monoisotopic (exact) mass is 300 g/mol. The van der Waals surface area contributed by atoms with Crippen molar-refractivity contribution in [2.24, 2.45) is 7.05 Å². The minimum atomic E-state index is -1.48. The molecule has 1 heterocycles. The Morgan fingerprint density at radius 3 is 2.41 bits per heavy atom. The lowest BCUT2D eigenvalue weighted by molar-refractivity contribution is -0.297. The number of hydrogen-bond donors (Lipinski definition) is 1. The predicted octanol–water partition coefficient (Wildman–Crippen LogP) is -0.271. The number of para-hydroxylation sites is 1. The number of carboxylic acid groups (broad SMARTS) is 1. The van der Waals surface area contributed by atoms with Crippen LogP contribution in [0.3, 0.4) is 0 Å². The second-order valence-electron chi connectivity index (χ2n) is 4.58. The summed E-state index contributed by atoms with van der Waals surface area (Å²) >= 11 is 0. The van der Waals surface area contributed by atoms with Gasteiger partial charge >= 0.3 is 0 Å². The van der Waals surface area contributed by atoms with Gasteiger partial charge < -0.3 is 15.2 Å². The average Bonchev–Trinajstić information content (AvgIpc) is 2.70. The van der Waals surface area contributed by atoms with Gasteiger partial charge in [-0.15, -0.1) is 0 Å². The first-order valence-corrected chi connectivity index (χ1v) is 6.46. The maximum absolute atomic E-state index is 12.5. The number of rotatable bonds is 4. The van der Waals surface area contributed by atoms with E-state index in [0.717, 1.165) is 6.08 Å². The Balaban J connectivity index is 2.41. The number of nitrogens with one attached hydrogen (secondary N) is 1. The number of nitrogens with zero attached hydrogens (tertiary/aromatic N) is 2. The molecular weight excluding hydrogens is 286 g/mol. The molecule has 7 heteroatoms. The molecule has 0 radical (unpaired) electrons. The molecule has 0 fully saturated rings. The Morgan fingerprint density at radius 2 is 1.82 bits per heavy atom. The lowest BCUT2D eigenvalue weighted by Gasteiger charge is -2.07. The second kappa shape index (κ2) is 6.13. The summed E-state index contributed by atoms with van der Waals surface area (Å²) in [7, 11) is 1.69. The van der Waals surface area contributed by atoms with E-state index in [2.05, 4.69) is 5.32 Å². The van der Waals surface area contributed by atoms with Crippen molar-refractivity contribution in [1.82, 2.24) is 9.36 Å². The summed E-state index contributed by atoms with van der Waals surface area (Å²) in [5, 5.41) is 12.7. The second-order valence-corrected chi connectivity index (χ2v) is 4.58. The van der Waals surface area contributed by atoms with Crippen LogP contribution in [0.4, 0.5) is 5.69 Å². The number of carbonyl (C=O) groups excluding carboxylic acids is 2. The van der Waals surface area contributed by atoms with E-state index in [1.165, 1.54) is 4.68 Å². The van der Waals surface area contributed by atoms with Gasteiger partial charge in [0, 0.05) is 13.1 Å². The molecule has 0 spiro atoms. The van der Waals surface area contributed by atoms with Crippen molar-refractivity contribution in [3.8, 4) is 5.69 Å². The number of amides is 1. The van der Waals surface area contributed by atoms with Crippen LogP contribution in [0.2, 0.25) is 0 Å². The van der Waals surface area contributed by atoms with Crippen LogP contribution in [-0.4, -0.2) is 21.2 Å². The van der Waals surface area contributed by atoms with E-state index in [1.54, 1.807) is 42.9 Å². The fourth-order valence-corrected chi connectivity index (χ4v) is 2.02. The molecule has 0 atom stereocenters. The lowest BCUT2D eigenvalue weighted by atomic mass is 10.3. The Labute approximate surface area is 126 Å². The minimum absolute atomic E-state index is 0.0966. The Hall–Kier alpha value is -3.09. The smallest absolute Gasteiger partial charge is 0.295 e. The summed E-state index contributed by atoms with van der Waals surface area (Å²) in [4.78, 5) is 34.4. The first-order chi connectivity index (χ1) is 10.4. The van der Waals surface area contributed by atoms with E-state index in [1.807, 2.05) is 6.07 Å². The van der Waals surface area contributed by atoms with E-state index in [-0.39, 0.29) is 5.69 Å². The number of hydrogen-bond acceptors (Lipinski definition) is 4. The molecule has 1 amide bonds. The first-order valence-electron chi connectivity index (χ1n) is 6.46. The lowest BCUT2D eigenvalue weighted by Crippen LogP contribution is -2.23. The number of aromatic nitrogens is 2. The first kappa shape index (κ1) is 15.3. The molecule has 0 aliphatic rings. The van der Waals surface area contributed by atoms with E-state index in [9.17, 15) is 19.5 Å². The Bertz CT molecular complexity index is 800. The zero-order chi connectivity index (χ0) is 16.3. The third-order valence-electron chi connectivity index (χ3n) is 3.17. The standard InChI is InChI=1S/C15H15N3O4/c1-10-14(16-12(19)8-9-13(20)21)15(22)18(17(10)2)11-6-4-3-5-7-11/h3-9H,1-2H3,(H,16,19)(H,20,21)/p-1/b9-8-. The van der Waals surface area contributed by atoms with E-state index in [4.69, 9.17) is 0 Å². The maximum Gasteiger partial charge on any atom is 0.295 e. The molecule has 1 aromatic heterocycles.